The molecule has 3 unspecified atom stereocenters. The van der Waals surface area contributed by atoms with Crippen LogP contribution < -0.4 is 5.32 Å². The van der Waals surface area contributed by atoms with Crippen molar-refractivity contribution in [3.63, 3.8) is 0 Å². The number of nitrogens with one attached hydrogen (secondary N) is 1. The van der Waals surface area contributed by atoms with Gasteiger partial charge >= 0.3 is 0 Å². The second-order valence-electron chi connectivity index (χ2n) is 6.15. The van der Waals surface area contributed by atoms with Crippen LogP contribution in [0.25, 0.3) is 0 Å². The average Bonchev–Trinajstić information content (AvgIpc) is 2.16. The lowest BCUT2D eigenvalue weighted by Gasteiger charge is -2.40. The Morgan fingerprint density at radius 3 is 2.25 bits per heavy atom. The third-order valence-corrected chi connectivity index (χ3v) is 3.97. The van der Waals surface area contributed by atoms with Crippen molar-refractivity contribution in [2.45, 2.75) is 59.0 Å². The molecule has 0 spiro atoms. The number of rotatable bonds is 5. The van der Waals surface area contributed by atoms with Crippen LogP contribution in [0.15, 0.2) is 0 Å². The van der Waals surface area contributed by atoms with Gasteiger partial charge in [-0.1, -0.05) is 20.8 Å². The second kappa shape index (κ2) is 6.02. The van der Waals surface area contributed by atoms with Crippen molar-refractivity contribution in [1.82, 2.24) is 5.32 Å². The molecular weight excluding hydrogens is 198 g/mol. The smallest absolute Gasteiger partial charge is 0.0771 e. The van der Waals surface area contributed by atoms with Crippen molar-refractivity contribution in [3.8, 4) is 0 Å². The van der Waals surface area contributed by atoms with E-state index < -0.39 is 5.60 Å². The monoisotopic (exact) mass is 227 g/mol. The van der Waals surface area contributed by atoms with Crippen LogP contribution in [-0.4, -0.2) is 23.8 Å². The molecule has 0 aromatic heterocycles. The third-order valence-electron chi connectivity index (χ3n) is 3.97. The minimum atomic E-state index is -0.530. The van der Waals surface area contributed by atoms with E-state index in [0.29, 0.717) is 5.92 Å². The quantitative estimate of drug-likeness (QED) is 0.708. The molecule has 2 heteroatoms. The summed E-state index contributed by atoms with van der Waals surface area (Å²) in [6, 6.07) is 0. The molecule has 2 N–H and O–H groups in total. The zero-order valence-electron chi connectivity index (χ0n) is 11.4. The summed E-state index contributed by atoms with van der Waals surface area (Å²) < 4.78 is 0. The van der Waals surface area contributed by atoms with Gasteiger partial charge < -0.3 is 10.4 Å². The van der Waals surface area contributed by atoms with Gasteiger partial charge in [0.15, 0.2) is 0 Å². The van der Waals surface area contributed by atoms with E-state index in [4.69, 9.17) is 0 Å². The maximum Gasteiger partial charge on any atom is 0.0771 e. The Labute approximate surface area is 101 Å². The highest BCUT2D eigenvalue weighted by Crippen LogP contribution is 2.38. The van der Waals surface area contributed by atoms with E-state index >= 15 is 0 Å². The molecule has 16 heavy (non-hydrogen) atoms. The minimum absolute atomic E-state index is 0.468. The summed E-state index contributed by atoms with van der Waals surface area (Å²) in [5, 5.41) is 13.9. The lowest BCUT2D eigenvalue weighted by Crippen LogP contribution is -2.47. The number of hydrogen-bond acceptors (Lipinski definition) is 2. The summed E-state index contributed by atoms with van der Waals surface area (Å²) in [7, 11) is 0. The van der Waals surface area contributed by atoms with Crippen LogP contribution in [0.3, 0.4) is 0 Å². The van der Waals surface area contributed by atoms with Crippen molar-refractivity contribution in [3.05, 3.63) is 0 Å². The van der Waals surface area contributed by atoms with Gasteiger partial charge in [0.05, 0.1) is 5.60 Å². The molecule has 96 valence electrons. The van der Waals surface area contributed by atoms with Gasteiger partial charge in [-0.3, -0.25) is 0 Å². The van der Waals surface area contributed by atoms with Gasteiger partial charge in [0.25, 0.3) is 0 Å². The molecule has 0 heterocycles. The standard InChI is InChI=1S/C14H29NO/c1-5-6-15-10-14(4,16)13-8-11(2)7-12(3)9-13/h11-13,15-16H,5-10H2,1-4H3. The van der Waals surface area contributed by atoms with Crippen LogP contribution in [0.5, 0.6) is 0 Å². The molecule has 1 saturated carbocycles. The Balaban J connectivity index is 2.46. The molecule has 0 bridgehead atoms. The van der Waals surface area contributed by atoms with Gasteiger partial charge in [-0.05, 0) is 56.9 Å². The lowest BCUT2D eigenvalue weighted by atomic mass is 9.70. The maximum absolute atomic E-state index is 10.5. The fourth-order valence-electron chi connectivity index (χ4n) is 3.12. The summed E-state index contributed by atoms with van der Waals surface area (Å²) in [6.45, 7) is 10.5. The average molecular weight is 227 g/mol. The SMILES string of the molecule is CCCNCC(C)(O)C1CC(C)CC(C)C1. The fourth-order valence-corrected chi connectivity index (χ4v) is 3.12. The van der Waals surface area contributed by atoms with Crippen LogP contribution in [0.1, 0.15) is 53.4 Å². The Morgan fingerprint density at radius 2 is 1.75 bits per heavy atom. The first kappa shape index (κ1) is 14.0. The summed E-state index contributed by atoms with van der Waals surface area (Å²) in [5.41, 5.74) is -0.530. The van der Waals surface area contributed by atoms with E-state index in [1.54, 1.807) is 0 Å². The zero-order valence-corrected chi connectivity index (χ0v) is 11.4. The molecule has 0 aromatic carbocycles. The van der Waals surface area contributed by atoms with Gasteiger partial charge in [0.1, 0.15) is 0 Å². The predicted octanol–water partition coefficient (Wildman–Crippen LogP) is 2.81. The second-order valence-corrected chi connectivity index (χ2v) is 6.15. The summed E-state index contributed by atoms with van der Waals surface area (Å²) in [5.74, 6) is 2.01. The minimum Gasteiger partial charge on any atom is -0.389 e. The molecule has 1 fully saturated rings. The van der Waals surface area contributed by atoms with Gasteiger partial charge in [-0.2, -0.15) is 0 Å². The molecule has 0 radical (unpaired) electrons. The Morgan fingerprint density at radius 1 is 1.19 bits per heavy atom. The Kier molecular flexibility index (Phi) is 5.26. The molecule has 0 amide bonds. The van der Waals surface area contributed by atoms with Crippen LogP contribution in [0.4, 0.5) is 0 Å². The van der Waals surface area contributed by atoms with E-state index in [0.717, 1.165) is 31.3 Å². The topological polar surface area (TPSA) is 32.3 Å². The Bertz CT molecular complexity index is 193. The molecule has 3 atom stereocenters. The van der Waals surface area contributed by atoms with E-state index in [1.807, 2.05) is 6.92 Å². The molecule has 0 aliphatic heterocycles. The highest BCUT2D eigenvalue weighted by atomic mass is 16.3. The zero-order chi connectivity index (χ0) is 12.2. The number of hydrogen-bond donors (Lipinski definition) is 2. The summed E-state index contributed by atoms with van der Waals surface area (Å²) >= 11 is 0. The molecule has 0 saturated heterocycles. The van der Waals surface area contributed by atoms with E-state index in [9.17, 15) is 5.11 Å². The largest absolute Gasteiger partial charge is 0.389 e. The molecule has 1 rings (SSSR count). The van der Waals surface area contributed by atoms with Crippen LogP contribution in [-0.2, 0) is 0 Å². The molecule has 1 aliphatic carbocycles. The molecule has 0 aromatic rings. The van der Waals surface area contributed by atoms with Gasteiger partial charge in [-0.25, -0.2) is 0 Å². The fraction of sp³-hybridized carbons (Fsp3) is 1.00. The van der Waals surface area contributed by atoms with Crippen molar-refractivity contribution in [1.29, 1.82) is 0 Å². The van der Waals surface area contributed by atoms with Crippen molar-refractivity contribution >= 4 is 0 Å². The van der Waals surface area contributed by atoms with Gasteiger partial charge in [0, 0.05) is 6.54 Å². The van der Waals surface area contributed by atoms with Crippen molar-refractivity contribution in [2.75, 3.05) is 13.1 Å². The van der Waals surface area contributed by atoms with Crippen LogP contribution in [0.2, 0.25) is 0 Å². The predicted molar refractivity (Wildman–Crippen MR) is 69.5 cm³/mol. The molecular formula is C14H29NO. The maximum atomic E-state index is 10.5. The molecule has 2 nitrogen and oxygen atoms in total. The van der Waals surface area contributed by atoms with Gasteiger partial charge in [0.2, 0.25) is 0 Å². The number of aliphatic hydroxyl groups is 1. The third kappa shape index (κ3) is 4.06. The highest BCUT2D eigenvalue weighted by Gasteiger charge is 2.36. The van der Waals surface area contributed by atoms with Gasteiger partial charge in [-0.15, -0.1) is 0 Å². The molecule has 1 aliphatic rings. The van der Waals surface area contributed by atoms with E-state index in [1.165, 1.54) is 19.3 Å². The summed E-state index contributed by atoms with van der Waals surface area (Å²) in [6.07, 6.45) is 4.83. The first-order valence-corrected chi connectivity index (χ1v) is 6.88. The first-order chi connectivity index (χ1) is 7.45. The van der Waals surface area contributed by atoms with E-state index in [-0.39, 0.29) is 0 Å². The lowest BCUT2D eigenvalue weighted by molar-refractivity contribution is -0.0320. The van der Waals surface area contributed by atoms with Crippen LogP contribution in [0, 0.1) is 17.8 Å². The Hall–Kier alpha value is -0.0800. The van der Waals surface area contributed by atoms with Crippen LogP contribution >= 0.6 is 0 Å². The highest BCUT2D eigenvalue weighted by molar-refractivity contribution is 4.89. The van der Waals surface area contributed by atoms with Crippen molar-refractivity contribution in [2.24, 2.45) is 17.8 Å². The van der Waals surface area contributed by atoms with E-state index in [2.05, 4.69) is 26.1 Å². The van der Waals surface area contributed by atoms with Crippen molar-refractivity contribution < 1.29 is 5.11 Å². The summed E-state index contributed by atoms with van der Waals surface area (Å²) in [4.78, 5) is 0. The normalized spacial score (nSPS) is 34.7. The first-order valence-electron chi connectivity index (χ1n) is 6.88.